The Morgan fingerprint density at radius 1 is 1.45 bits per heavy atom. The van der Waals surface area contributed by atoms with E-state index in [4.69, 9.17) is 0 Å². The Morgan fingerprint density at radius 2 is 2.15 bits per heavy atom. The summed E-state index contributed by atoms with van der Waals surface area (Å²) in [5.41, 5.74) is 0. The van der Waals surface area contributed by atoms with Crippen LogP contribution in [0.1, 0.15) is 46.0 Å². The van der Waals surface area contributed by atoms with E-state index in [2.05, 4.69) is 5.32 Å². The van der Waals surface area contributed by atoms with E-state index in [0.29, 0.717) is 38.8 Å². The second-order valence-electron chi connectivity index (χ2n) is 5.23. The van der Waals surface area contributed by atoms with Crippen LogP contribution in [0.2, 0.25) is 0 Å². The average Bonchev–Trinajstić information content (AvgIpc) is 2.88. The van der Waals surface area contributed by atoms with Gasteiger partial charge in [0.1, 0.15) is 6.04 Å². The number of hydrogen-bond donors (Lipinski definition) is 2. The third-order valence-corrected chi connectivity index (χ3v) is 5.65. The van der Waals surface area contributed by atoms with Crippen LogP contribution < -0.4 is 5.32 Å². The molecule has 0 bridgehead atoms. The summed E-state index contributed by atoms with van der Waals surface area (Å²) in [4.78, 5) is 12.1. The topological polar surface area (TPSA) is 86.7 Å². The third kappa shape index (κ3) is 4.71. The van der Waals surface area contributed by atoms with Crippen molar-refractivity contribution < 1.29 is 18.3 Å². The maximum atomic E-state index is 12.1. The van der Waals surface area contributed by atoms with Crippen molar-refractivity contribution >= 4 is 15.9 Å². The Kier molecular flexibility index (Phi) is 6.91. The number of sulfonamides is 1. The molecule has 1 aliphatic heterocycles. The van der Waals surface area contributed by atoms with Crippen molar-refractivity contribution in [2.45, 2.75) is 58.1 Å². The number of amides is 1. The summed E-state index contributed by atoms with van der Waals surface area (Å²) in [6, 6.07) is -0.578. The van der Waals surface area contributed by atoms with Gasteiger partial charge in [0, 0.05) is 13.1 Å². The Balaban J connectivity index is 2.54. The van der Waals surface area contributed by atoms with Gasteiger partial charge in [-0.1, -0.05) is 13.8 Å². The molecular weight excluding hydrogens is 280 g/mol. The highest BCUT2D eigenvalue weighted by Gasteiger charge is 2.37. The number of rotatable bonds is 8. The molecule has 0 aromatic rings. The molecule has 1 heterocycles. The fourth-order valence-electron chi connectivity index (χ4n) is 2.39. The zero-order valence-electron chi connectivity index (χ0n) is 12.3. The summed E-state index contributed by atoms with van der Waals surface area (Å²) < 4.78 is 25.5. The van der Waals surface area contributed by atoms with Gasteiger partial charge in [-0.05, 0) is 32.1 Å². The lowest BCUT2D eigenvalue weighted by molar-refractivity contribution is -0.124. The minimum absolute atomic E-state index is 0.0886. The second kappa shape index (κ2) is 7.95. The van der Waals surface area contributed by atoms with E-state index < -0.39 is 22.2 Å². The first-order valence-electron chi connectivity index (χ1n) is 7.37. The quantitative estimate of drug-likeness (QED) is 0.682. The molecule has 118 valence electrons. The van der Waals surface area contributed by atoms with Gasteiger partial charge < -0.3 is 10.4 Å². The number of carbonyl (C=O) groups is 1. The molecule has 2 unspecified atom stereocenters. The minimum Gasteiger partial charge on any atom is -0.393 e. The molecule has 1 saturated heterocycles. The summed E-state index contributed by atoms with van der Waals surface area (Å²) in [6.07, 6.45) is 2.57. The minimum atomic E-state index is -3.33. The molecule has 6 nitrogen and oxygen atoms in total. The van der Waals surface area contributed by atoms with Crippen molar-refractivity contribution in [2.75, 3.05) is 18.8 Å². The van der Waals surface area contributed by atoms with Crippen LogP contribution in [0.15, 0.2) is 0 Å². The first-order chi connectivity index (χ1) is 9.42. The number of aliphatic hydroxyl groups is 1. The Morgan fingerprint density at radius 3 is 2.75 bits per heavy atom. The molecule has 2 atom stereocenters. The van der Waals surface area contributed by atoms with Gasteiger partial charge in [0.25, 0.3) is 0 Å². The normalized spacial score (nSPS) is 21.9. The van der Waals surface area contributed by atoms with Gasteiger partial charge in [-0.25, -0.2) is 8.42 Å². The maximum absolute atomic E-state index is 12.1. The lowest BCUT2D eigenvalue weighted by Gasteiger charge is -2.23. The molecule has 0 spiro atoms. The molecule has 0 aromatic heterocycles. The Labute approximate surface area is 121 Å². The van der Waals surface area contributed by atoms with E-state index >= 15 is 0 Å². The van der Waals surface area contributed by atoms with Crippen LogP contribution in [0.25, 0.3) is 0 Å². The number of hydrogen-bond acceptors (Lipinski definition) is 4. The lowest BCUT2D eigenvalue weighted by atomic mass is 10.2. The zero-order valence-corrected chi connectivity index (χ0v) is 13.2. The van der Waals surface area contributed by atoms with Gasteiger partial charge in [-0.3, -0.25) is 4.79 Å². The van der Waals surface area contributed by atoms with Crippen LogP contribution in [0.4, 0.5) is 0 Å². The number of nitrogens with zero attached hydrogens (tertiary/aromatic N) is 1. The molecule has 0 aromatic carbocycles. The van der Waals surface area contributed by atoms with E-state index in [1.807, 2.05) is 13.8 Å². The first-order valence-corrected chi connectivity index (χ1v) is 8.98. The lowest BCUT2D eigenvalue weighted by Crippen LogP contribution is -2.47. The predicted molar refractivity (Wildman–Crippen MR) is 77.7 cm³/mol. The van der Waals surface area contributed by atoms with Gasteiger partial charge in [-0.15, -0.1) is 0 Å². The summed E-state index contributed by atoms with van der Waals surface area (Å²) in [7, 11) is -3.33. The molecule has 1 rings (SSSR count). The van der Waals surface area contributed by atoms with E-state index in [0.717, 1.165) is 6.42 Å². The van der Waals surface area contributed by atoms with E-state index in [9.17, 15) is 18.3 Å². The average molecular weight is 306 g/mol. The maximum Gasteiger partial charge on any atom is 0.238 e. The molecule has 0 radical (unpaired) electrons. The van der Waals surface area contributed by atoms with Gasteiger partial charge in [-0.2, -0.15) is 4.31 Å². The Bertz CT molecular complexity index is 411. The van der Waals surface area contributed by atoms with Crippen LogP contribution in [0, 0.1) is 0 Å². The van der Waals surface area contributed by atoms with Crippen molar-refractivity contribution in [3.63, 3.8) is 0 Å². The number of carbonyl (C=O) groups excluding carboxylic acids is 1. The molecule has 0 aliphatic carbocycles. The fraction of sp³-hybridized carbons (Fsp3) is 0.923. The standard InChI is InChI=1S/C13H26N2O4S/c1-3-10-20(18,19)15-9-5-6-12(15)13(17)14-8-7-11(16)4-2/h11-12,16H,3-10H2,1-2H3,(H,14,17). The van der Waals surface area contributed by atoms with Crippen LogP contribution in [-0.2, 0) is 14.8 Å². The predicted octanol–water partition coefficient (Wildman–Crippen LogP) is 0.468. The van der Waals surface area contributed by atoms with Crippen molar-refractivity contribution in [1.29, 1.82) is 0 Å². The van der Waals surface area contributed by atoms with Gasteiger partial charge >= 0.3 is 0 Å². The SMILES string of the molecule is CCCS(=O)(=O)N1CCCC1C(=O)NCCC(O)CC. The molecule has 1 amide bonds. The number of aliphatic hydroxyl groups excluding tert-OH is 1. The van der Waals surface area contributed by atoms with Gasteiger partial charge in [0.05, 0.1) is 11.9 Å². The van der Waals surface area contributed by atoms with Crippen LogP contribution in [0.3, 0.4) is 0 Å². The molecular formula is C13H26N2O4S. The number of nitrogens with one attached hydrogen (secondary N) is 1. The second-order valence-corrected chi connectivity index (χ2v) is 7.27. The van der Waals surface area contributed by atoms with Crippen molar-refractivity contribution in [1.82, 2.24) is 9.62 Å². The van der Waals surface area contributed by atoms with E-state index in [1.165, 1.54) is 4.31 Å². The van der Waals surface area contributed by atoms with Crippen LogP contribution in [0.5, 0.6) is 0 Å². The third-order valence-electron chi connectivity index (χ3n) is 3.57. The van der Waals surface area contributed by atoms with Crippen LogP contribution in [-0.4, -0.2) is 54.7 Å². The highest BCUT2D eigenvalue weighted by Crippen LogP contribution is 2.22. The molecule has 7 heteroatoms. The van der Waals surface area contributed by atoms with E-state index in [1.54, 1.807) is 0 Å². The summed E-state index contributed by atoms with van der Waals surface area (Å²) in [6.45, 7) is 4.50. The van der Waals surface area contributed by atoms with E-state index in [-0.39, 0.29) is 11.7 Å². The van der Waals surface area contributed by atoms with Crippen molar-refractivity contribution in [3.8, 4) is 0 Å². The van der Waals surface area contributed by atoms with Crippen molar-refractivity contribution in [2.24, 2.45) is 0 Å². The highest BCUT2D eigenvalue weighted by molar-refractivity contribution is 7.89. The molecule has 0 saturated carbocycles. The molecule has 2 N–H and O–H groups in total. The Hall–Kier alpha value is -0.660. The zero-order chi connectivity index (χ0) is 15.2. The van der Waals surface area contributed by atoms with Gasteiger partial charge in [0.2, 0.25) is 15.9 Å². The van der Waals surface area contributed by atoms with Crippen LogP contribution >= 0.6 is 0 Å². The summed E-state index contributed by atoms with van der Waals surface area (Å²) in [5, 5.41) is 12.2. The molecule has 1 aliphatic rings. The highest BCUT2D eigenvalue weighted by atomic mass is 32.2. The summed E-state index contributed by atoms with van der Waals surface area (Å²) in [5.74, 6) is -0.156. The molecule has 1 fully saturated rings. The first kappa shape index (κ1) is 17.4. The smallest absolute Gasteiger partial charge is 0.238 e. The van der Waals surface area contributed by atoms with Gasteiger partial charge in [0.15, 0.2) is 0 Å². The van der Waals surface area contributed by atoms with Crippen molar-refractivity contribution in [3.05, 3.63) is 0 Å². The fourth-order valence-corrected chi connectivity index (χ4v) is 4.14. The molecule has 20 heavy (non-hydrogen) atoms. The largest absolute Gasteiger partial charge is 0.393 e. The summed E-state index contributed by atoms with van der Waals surface area (Å²) >= 11 is 0. The monoisotopic (exact) mass is 306 g/mol.